The first kappa shape index (κ1) is 14.9. The van der Waals surface area contributed by atoms with Crippen LogP contribution < -0.4 is 5.43 Å². The van der Waals surface area contributed by atoms with E-state index in [1.807, 2.05) is 44.2 Å². The van der Waals surface area contributed by atoms with Crippen LogP contribution in [0.15, 0.2) is 35.4 Å². The SMILES string of the molecule is CCN(CC)C(=O)/C(=N\Nc1ccccc1)C(C)=O. The van der Waals surface area contributed by atoms with E-state index in [2.05, 4.69) is 10.5 Å². The Labute approximate surface area is 113 Å². The van der Waals surface area contributed by atoms with Crippen molar-refractivity contribution in [3.8, 4) is 0 Å². The van der Waals surface area contributed by atoms with Gasteiger partial charge in [0.2, 0.25) is 0 Å². The van der Waals surface area contributed by atoms with Crippen LogP contribution in [0.1, 0.15) is 20.8 Å². The van der Waals surface area contributed by atoms with Gasteiger partial charge in [-0.25, -0.2) is 0 Å². The van der Waals surface area contributed by atoms with Crippen LogP contribution in [0.25, 0.3) is 0 Å². The fraction of sp³-hybridized carbons (Fsp3) is 0.357. The van der Waals surface area contributed by atoms with Crippen LogP contribution in [0.4, 0.5) is 5.69 Å². The van der Waals surface area contributed by atoms with Gasteiger partial charge in [-0.15, -0.1) is 0 Å². The van der Waals surface area contributed by atoms with Gasteiger partial charge in [0.15, 0.2) is 11.5 Å². The number of rotatable bonds is 6. The molecule has 5 nitrogen and oxygen atoms in total. The summed E-state index contributed by atoms with van der Waals surface area (Å²) in [7, 11) is 0. The van der Waals surface area contributed by atoms with Crippen molar-refractivity contribution in [3.05, 3.63) is 30.3 Å². The molecule has 102 valence electrons. The summed E-state index contributed by atoms with van der Waals surface area (Å²) in [4.78, 5) is 25.2. The Hall–Kier alpha value is -2.17. The Morgan fingerprint density at radius 3 is 2.21 bits per heavy atom. The van der Waals surface area contributed by atoms with Crippen LogP contribution in [-0.4, -0.2) is 35.4 Å². The zero-order valence-corrected chi connectivity index (χ0v) is 11.5. The van der Waals surface area contributed by atoms with E-state index >= 15 is 0 Å². The van der Waals surface area contributed by atoms with E-state index < -0.39 is 0 Å². The molecule has 0 radical (unpaired) electrons. The van der Waals surface area contributed by atoms with Crippen LogP contribution in [0, 0.1) is 0 Å². The highest BCUT2D eigenvalue weighted by molar-refractivity contribution is 6.65. The quantitative estimate of drug-likeness (QED) is 0.483. The van der Waals surface area contributed by atoms with E-state index in [1.54, 1.807) is 4.90 Å². The molecule has 0 aliphatic carbocycles. The van der Waals surface area contributed by atoms with Gasteiger partial charge in [0.25, 0.3) is 5.91 Å². The van der Waals surface area contributed by atoms with Crippen molar-refractivity contribution >= 4 is 23.1 Å². The van der Waals surface area contributed by atoms with Crippen LogP contribution in [0.5, 0.6) is 0 Å². The van der Waals surface area contributed by atoms with E-state index in [0.717, 1.165) is 5.69 Å². The highest BCUT2D eigenvalue weighted by Gasteiger charge is 2.21. The smallest absolute Gasteiger partial charge is 0.277 e. The maximum atomic E-state index is 12.1. The lowest BCUT2D eigenvalue weighted by Crippen LogP contribution is -2.39. The minimum atomic E-state index is -0.347. The van der Waals surface area contributed by atoms with Crippen LogP contribution in [-0.2, 0) is 9.59 Å². The molecule has 0 saturated heterocycles. The number of Topliss-reactive ketones (excluding diaryl/α,β-unsaturated/α-hetero) is 1. The number of hydrogen-bond acceptors (Lipinski definition) is 4. The number of hydrogen-bond donors (Lipinski definition) is 1. The highest BCUT2D eigenvalue weighted by Crippen LogP contribution is 2.05. The summed E-state index contributed by atoms with van der Waals surface area (Å²) in [6, 6.07) is 9.18. The van der Waals surface area contributed by atoms with Gasteiger partial charge < -0.3 is 4.90 Å². The number of nitrogens with zero attached hydrogens (tertiary/aromatic N) is 2. The average Bonchev–Trinajstić information content (AvgIpc) is 2.41. The molecule has 19 heavy (non-hydrogen) atoms. The van der Waals surface area contributed by atoms with E-state index in [9.17, 15) is 9.59 Å². The van der Waals surface area contributed by atoms with Crippen LogP contribution in [0.3, 0.4) is 0 Å². The van der Waals surface area contributed by atoms with Crippen molar-refractivity contribution in [3.63, 3.8) is 0 Å². The number of anilines is 1. The molecule has 5 heteroatoms. The van der Waals surface area contributed by atoms with Crippen molar-refractivity contribution in [1.82, 2.24) is 4.90 Å². The monoisotopic (exact) mass is 261 g/mol. The molecule has 0 fully saturated rings. The third-order valence-electron chi connectivity index (χ3n) is 2.66. The Kier molecular flexibility index (Phi) is 5.73. The van der Waals surface area contributed by atoms with Gasteiger partial charge in [-0.3, -0.25) is 15.0 Å². The summed E-state index contributed by atoms with van der Waals surface area (Å²) in [6.07, 6.45) is 0. The largest absolute Gasteiger partial charge is 0.338 e. The average molecular weight is 261 g/mol. The molecule has 0 aromatic heterocycles. The first-order valence-corrected chi connectivity index (χ1v) is 6.29. The van der Waals surface area contributed by atoms with Gasteiger partial charge >= 0.3 is 0 Å². The predicted molar refractivity (Wildman–Crippen MR) is 76.1 cm³/mol. The van der Waals surface area contributed by atoms with E-state index in [-0.39, 0.29) is 17.4 Å². The minimum Gasteiger partial charge on any atom is -0.338 e. The molecule has 0 aliphatic rings. The van der Waals surface area contributed by atoms with Gasteiger partial charge in [0, 0.05) is 20.0 Å². The second-order valence-corrected chi connectivity index (χ2v) is 3.97. The minimum absolute atomic E-state index is 0.0763. The second kappa shape index (κ2) is 7.31. The molecule has 0 heterocycles. The maximum Gasteiger partial charge on any atom is 0.277 e. The lowest BCUT2D eigenvalue weighted by Gasteiger charge is -2.18. The molecule has 0 aliphatic heterocycles. The fourth-order valence-electron chi connectivity index (χ4n) is 1.57. The summed E-state index contributed by atoms with van der Waals surface area (Å²) >= 11 is 0. The number of nitrogens with one attached hydrogen (secondary N) is 1. The fourth-order valence-corrected chi connectivity index (χ4v) is 1.57. The van der Waals surface area contributed by atoms with E-state index in [1.165, 1.54) is 6.92 Å². The first-order valence-electron chi connectivity index (χ1n) is 6.29. The van der Waals surface area contributed by atoms with Gasteiger partial charge in [-0.1, -0.05) is 18.2 Å². The maximum absolute atomic E-state index is 12.1. The van der Waals surface area contributed by atoms with Crippen molar-refractivity contribution in [2.75, 3.05) is 18.5 Å². The predicted octanol–water partition coefficient (Wildman–Crippen LogP) is 1.91. The molecule has 1 N–H and O–H groups in total. The molecule has 1 rings (SSSR count). The summed E-state index contributed by atoms with van der Waals surface area (Å²) in [5.41, 5.74) is 3.38. The van der Waals surface area contributed by atoms with Gasteiger partial charge in [0.1, 0.15) is 0 Å². The Balaban J connectivity index is 2.89. The summed E-state index contributed by atoms with van der Waals surface area (Å²) in [5, 5.41) is 3.94. The third-order valence-corrected chi connectivity index (χ3v) is 2.66. The summed E-state index contributed by atoms with van der Waals surface area (Å²) in [5.74, 6) is -0.693. The molecule has 0 unspecified atom stereocenters. The molecule has 0 bridgehead atoms. The lowest BCUT2D eigenvalue weighted by atomic mass is 10.2. The third kappa shape index (κ3) is 4.21. The summed E-state index contributed by atoms with van der Waals surface area (Å²) in [6.45, 7) is 6.17. The topological polar surface area (TPSA) is 61.8 Å². The molecule has 0 atom stereocenters. The zero-order valence-electron chi connectivity index (χ0n) is 11.5. The normalized spacial score (nSPS) is 11.0. The number of benzene rings is 1. The van der Waals surface area contributed by atoms with Crippen molar-refractivity contribution in [2.45, 2.75) is 20.8 Å². The van der Waals surface area contributed by atoms with Crippen LogP contribution >= 0.6 is 0 Å². The van der Waals surface area contributed by atoms with E-state index in [4.69, 9.17) is 0 Å². The number of amides is 1. The standard InChI is InChI=1S/C14H19N3O2/c1-4-17(5-2)14(19)13(11(3)18)16-15-12-9-7-6-8-10-12/h6-10,15H,4-5H2,1-3H3/b16-13-. The molecule has 1 aromatic rings. The van der Waals surface area contributed by atoms with Crippen molar-refractivity contribution in [2.24, 2.45) is 5.10 Å². The van der Waals surface area contributed by atoms with Gasteiger partial charge in [0.05, 0.1) is 5.69 Å². The van der Waals surface area contributed by atoms with Crippen molar-refractivity contribution in [1.29, 1.82) is 0 Å². The molecule has 0 saturated carbocycles. The number of carbonyl (C=O) groups is 2. The molecule has 1 amide bonds. The van der Waals surface area contributed by atoms with Crippen molar-refractivity contribution < 1.29 is 9.59 Å². The summed E-state index contributed by atoms with van der Waals surface area (Å²) < 4.78 is 0. The van der Waals surface area contributed by atoms with Gasteiger partial charge in [-0.05, 0) is 26.0 Å². The van der Waals surface area contributed by atoms with E-state index in [0.29, 0.717) is 13.1 Å². The zero-order chi connectivity index (χ0) is 14.3. The molecular formula is C14H19N3O2. The second-order valence-electron chi connectivity index (χ2n) is 3.97. The molecule has 0 spiro atoms. The Morgan fingerprint density at radius 1 is 1.16 bits per heavy atom. The first-order chi connectivity index (χ1) is 9.10. The number of hydrazone groups is 1. The molecular weight excluding hydrogens is 242 g/mol. The Bertz CT molecular complexity index is 465. The lowest BCUT2D eigenvalue weighted by molar-refractivity contribution is -0.124. The Morgan fingerprint density at radius 2 is 1.74 bits per heavy atom. The number of para-hydroxylation sites is 1. The highest BCUT2D eigenvalue weighted by atomic mass is 16.2. The number of ketones is 1. The van der Waals surface area contributed by atoms with Gasteiger partial charge in [-0.2, -0.15) is 5.10 Å². The number of carbonyl (C=O) groups excluding carboxylic acids is 2. The molecule has 1 aromatic carbocycles. The van der Waals surface area contributed by atoms with Crippen LogP contribution in [0.2, 0.25) is 0 Å².